The number of hydrogen-bond acceptors (Lipinski definition) is 7. The van der Waals surface area contributed by atoms with Gasteiger partial charge in [0.15, 0.2) is 0 Å². The van der Waals surface area contributed by atoms with Crippen LogP contribution in [0.1, 0.15) is 11.1 Å². The fourth-order valence-electron chi connectivity index (χ4n) is 4.90. The molecule has 2 aliphatic rings. The average Bonchev–Trinajstić information content (AvgIpc) is 3.53. The standard InChI is InChI=1S/C29H35ClN6O5/c1-31-27(37)16-33-28(38)36-14-12-35(13-15-36)23-8-6-22(7-9-23)17-39-24-18-40-29(41-19-24,20-34-11-10-32-21-34)25-4-2-3-5-26(25)30/h2-11,21,24H,12-20H2,1H3,(H,31,37)(H,33,38)/t24-,29+. The number of halogens is 1. The van der Waals surface area contributed by atoms with E-state index in [4.69, 9.17) is 25.8 Å². The third-order valence-corrected chi connectivity index (χ3v) is 7.60. The third kappa shape index (κ3) is 7.17. The Morgan fingerprint density at radius 2 is 1.80 bits per heavy atom. The molecule has 0 atom stereocenters. The number of hydrogen-bond donors (Lipinski definition) is 2. The van der Waals surface area contributed by atoms with Gasteiger partial charge >= 0.3 is 6.03 Å². The van der Waals surface area contributed by atoms with Crippen molar-refractivity contribution in [1.82, 2.24) is 25.1 Å². The first-order valence-corrected chi connectivity index (χ1v) is 14.0. The van der Waals surface area contributed by atoms with Gasteiger partial charge in [-0.15, -0.1) is 0 Å². The molecule has 3 amide bonds. The summed E-state index contributed by atoms with van der Waals surface area (Å²) in [5, 5.41) is 5.72. The third-order valence-electron chi connectivity index (χ3n) is 7.27. The highest BCUT2D eigenvalue weighted by Crippen LogP contribution is 2.37. The highest BCUT2D eigenvalue weighted by atomic mass is 35.5. The molecule has 11 nitrogen and oxygen atoms in total. The van der Waals surface area contributed by atoms with E-state index in [2.05, 4.69) is 44.8 Å². The van der Waals surface area contributed by atoms with Crippen LogP contribution < -0.4 is 15.5 Å². The summed E-state index contributed by atoms with van der Waals surface area (Å²) in [6, 6.07) is 15.6. The van der Waals surface area contributed by atoms with Crippen LogP contribution in [0.15, 0.2) is 67.3 Å². The summed E-state index contributed by atoms with van der Waals surface area (Å²) in [4.78, 5) is 31.7. The van der Waals surface area contributed by atoms with Gasteiger partial charge in [0.1, 0.15) is 6.10 Å². The first-order chi connectivity index (χ1) is 20.0. The van der Waals surface area contributed by atoms with E-state index in [-0.39, 0.29) is 24.6 Å². The van der Waals surface area contributed by atoms with Gasteiger partial charge in [0.2, 0.25) is 11.7 Å². The molecule has 2 saturated heterocycles. The maximum atomic E-state index is 12.3. The summed E-state index contributed by atoms with van der Waals surface area (Å²) >= 11 is 6.53. The zero-order valence-electron chi connectivity index (χ0n) is 23.0. The lowest BCUT2D eigenvalue weighted by molar-refractivity contribution is -0.313. The molecular formula is C29H35ClN6O5. The molecule has 0 spiro atoms. The number of imidazole rings is 1. The van der Waals surface area contributed by atoms with Gasteiger partial charge in [-0.2, -0.15) is 0 Å². The number of amides is 3. The molecule has 0 bridgehead atoms. The van der Waals surface area contributed by atoms with Crippen molar-refractivity contribution in [3.8, 4) is 0 Å². The lowest BCUT2D eigenvalue weighted by atomic mass is 10.0. The van der Waals surface area contributed by atoms with Crippen molar-refractivity contribution in [2.45, 2.75) is 25.0 Å². The van der Waals surface area contributed by atoms with E-state index >= 15 is 0 Å². The molecule has 3 aromatic rings. The van der Waals surface area contributed by atoms with Gasteiger partial charge in [-0.05, 0) is 23.8 Å². The Morgan fingerprint density at radius 3 is 2.46 bits per heavy atom. The lowest BCUT2D eigenvalue weighted by Crippen LogP contribution is -2.53. The zero-order valence-corrected chi connectivity index (χ0v) is 23.8. The summed E-state index contributed by atoms with van der Waals surface area (Å²) in [5.41, 5.74) is 2.91. The second-order valence-corrected chi connectivity index (χ2v) is 10.4. The van der Waals surface area contributed by atoms with Crippen LogP contribution in [0.3, 0.4) is 0 Å². The molecule has 0 radical (unpaired) electrons. The number of nitrogens with one attached hydrogen (secondary N) is 2. The van der Waals surface area contributed by atoms with Crippen LogP contribution in [0.2, 0.25) is 5.02 Å². The number of likely N-dealkylation sites (N-methyl/N-ethyl adjacent to an activating group) is 1. The van der Waals surface area contributed by atoms with E-state index in [0.717, 1.165) is 16.8 Å². The van der Waals surface area contributed by atoms with Crippen LogP contribution in [-0.4, -0.2) is 85.5 Å². The molecule has 41 heavy (non-hydrogen) atoms. The second kappa shape index (κ2) is 13.3. The number of nitrogens with zero attached hydrogens (tertiary/aromatic N) is 4. The van der Waals surface area contributed by atoms with Crippen molar-refractivity contribution in [1.29, 1.82) is 0 Å². The molecular weight excluding hydrogens is 548 g/mol. The first kappa shape index (κ1) is 28.9. The Balaban J connectivity index is 1.10. The molecule has 1 aromatic heterocycles. The second-order valence-electron chi connectivity index (χ2n) is 10.00. The van der Waals surface area contributed by atoms with Gasteiger partial charge in [0.05, 0.1) is 39.2 Å². The molecule has 2 aliphatic heterocycles. The number of carbonyl (C=O) groups excluding carboxylic acids is 2. The number of carbonyl (C=O) groups is 2. The van der Waals surface area contributed by atoms with Crippen LogP contribution >= 0.6 is 11.6 Å². The van der Waals surface area contributed by atoms with E-state index in [9.17, 15) is 9.59 Å². The van der Waals surface area contributed by atoms with Crippen LogP contribution in [0.25, 0.3) is 0 Å². The van der Waals surface area contributed by atoms with Crippen LogP contribution in [0.4, 0.5) is 10.5 Å². The monoisotopic (exact) mass is 582 g/mol. The van der Waals surface area contributed by atoms with Crippen molar-refractivity contribution in [3.63, 3.8) is 0 Å². The smallest absolute Gasteiger partial charge is 0.317 e. The van der Waals surface area contributed by atoms with E-state index in [1.165, 1.54) is 0 Å². The maximum Gasteiger partial charge on any atom is 0.317 e. The van der Waals surface area contributed by atoms with Gasteiger partial charge in [-0.3, -0.25) is 4.79 Å². The number of urea groups is 1. The predicted octanol–water partition coefficient (Wildman–Crippen LogP) is 2.60. The number of rotatable bonds is 9. The van der Waals surface area contributed by atoms with Crippen molar-refractivity contribution in [2.75, 3.05) is 57.9 Å². The number of anilines is 1. The van der Waals surface area contributed by atoms with Gasteiger partial charge < -0.3 is 39.2 Å². The molecule has 218 valence electrons. The predicted molar refractivity (Wildman–Crippen MR) is 154 cm³/mol. The van der Waals surface area contributed by atoms with Crippen LogP contribution in [0, 0.1) is 0 Å². The summed E-state index contributed by atoms with van der Waals surface area (Å²) in [7, 11) is 1.54. The highest BCUT2D eigenvalue weighted by molar-refractivity contribution is 6.31. The molecule has 3 heterocycles. The Bertz CT molecular complexity index is 1290. The highest BCUT2D eigenvalue weighted by Gasteiger charge is 2.41. The summed E-state index contributed by atoms with van der Waals surface area (Å²) in [6.07, 6.45) is 5.08. The Hall–Kier alpha value is -3.64. The van der Waals surface area contributed by atoms with Crippen LogP contribution in [0.5, 0.6) is 0 Å². The topological polar surface area (TPSA) is 110 Å². The molecule has 12 heteroatoms. The molecule has 0 saturated carbocycles. The first-order valence-electron chi connectivity index (χ1n) is 13.6. The summed E-state index contributed by atoms with van der Waals surface area (Å²) in [6.45, 7) is 4.14. The number of piperazine rings is 1. The Kier molecular flexibility index (Phi) is 9.40. The number of aromatic nitrogens is 2. The molecule has 2 N–H and O–H groups in total. The maximum absolute atomic E-state index is 12.3. The lowest BCUT2D eigenvalue weighted by Gasteiger charge is -2.40. The average molecular weight is 583 g/mol. The summed E-state index contributed by atoms with van der Waals surface area (Å²) in [5.74, 6) is -1.25. The van der Waals surface area contributed by atoms with Crippen molar-refractivity contribution in [2.24, 2.45) is 0 Å². The molecule has 0 unspecified atom stereocenters. The van der Waals surface area contributed by atoms with Crippen molar-refractivity contribution < 1.29 is 23.8 Å². The Morgan fingerprint density at radius 1 is 1.07 bits per heavy atom. The minimum absolute atomic E-state index is 0.0219. The SMILES string of the molecule is CNC(=O)CNC(=O)N1CCN(c2ccc(CO[C@H]3CO[C@@](Cn4ccnc4)(c4ccccc4Cl)OC3)cc2)CC1. The molecule has 2 aromatic carbocycles. The molecule has 5 rings (SSSR count). The minimum Gasteiger partial charge on any atom is -0.369 e. The van der Waals surface area contributed by atoms with E-state index in [0.29, 0.717) is 57.6 Å². The van der Waals surface area contributed by atoms with E-state index in [1.54, 1.807) is 24.5 Å². The number of benzene rings is 2. The zero-order chi connectivity index (χ0) is 28.7. The quantitative estimate of drug-likeness (QED) is 0.399. The molecule has 2 fully saturated rings. The van der Waals surface area contributed by atoms with Gasteiger partial charge in [-0.1, -0.05) is 41.9 Å². The summed E-state index contributed by atoms with van der Waals surface area (Å²) < 4.78 is 20.7. The van der Waals surface area contributed by atoms with E-state index < -0.39 is 5.79 Å². The molecule has 0 aliphatic carbocycles. The van der Waals surface area contributed by atoms with Crippen molar-refractivity contribution in [3.05, 3.63) is 83.4 Å². The number of ether oxygens (including phenoxy) is 3. The fraction of sp³-hybridized carbons (Fsp3) is 0.414. The Labute approximate surface area is 244 Å². The van der Waals surface area contributed by atoms with E-state index in [1.807, 2.05) is 35.0 Å². The van der Waals surface area contributed by atoms with Gasteiger partial charge in [0, 0.05) is 61.9 Å². The van der Waals surface area contributed by atoms with Gasteiger partial charge in [-0.25, -0.2) is 9.78 Å². The van der Waals surface area contributed by atoms with Gasteiger partial charge in [0.25, 0.3) is 0 Å². The normalized spacial score (nSPS) is 21.0. The fourth-order valence-corrected chi connectivity index (χ4v) is 5.18. The van der Waals surface area contributed by atoms with Crippen molar-refractivity contribution >= 4 is 29.2 Å². The minimum atomic E-state index is -1.03. The largest absolute Gasteiger partial charge is 0.369 e. The van der Waals surface area contributed by atoms with Crippen LogP contribution in [-0.2, 0) is 37.9 Å².